The van der Waals surface area contributed by atoms with Gasteiger partial charge in [0.05, 0.1) is 17.2 Å². The first-order chi connectivity index (χ1) is 14.5. The molecule has 1 N–H and O–H groups in total. The maximum absolute atomic E-state index is 13.7. The summed E-state index contributed by atoms with van der Waals surface area (Å²) < 4.78 is 11.5. The lowest BCUT2D eigenvalue weighted by molar-refractivity contribution is -0.125. The van der Waals surface area contributed by atoms with Gasteiger partial charge in [0.15, 0.2) is 0 Å². The molecular formula is C25H28N2O3. The van der Waals surface area contributed by atoms with Gasteiger partial charge in [-0.1, -0.05) is 29.8 Å². The van der Waals surface area contributed by atoms with Gasteiger partial charge in [-0.2, -0.15) is 0 Å². The molecule has 3 aromatic rings. The molecule has 1 amide bonds. The maximum atomic E-state index is 13.7. The largest absolute Gasteiger partial charge is 0.489 e. The van der Waals surface area contributed by atoms with E-state index in [1.165, 1.54) is 5.56 Å². The van der Waals surface area contributed by atoms with Crippen molar-refractivity contribution >= 4 is 22.5 Å². The summed E-state index contributed by atoms with van der Waals surface area (Å²) in [5.41, 5.74) is 3.11. The number of fused-ring (bicyclic) bond motifs is 1. The third kappa shape index (κ3) is 3.90. The molecule has 1 aliphatic heterocycles. The Bertz CT molecular complexity index is 1040. The number of aryl methyl sites for hydroxylation is 1. The molecule has 0 spiro atoms. The van der Waals surface area contributed by atoms with Crippen molar-refractivity contribution in [3.05, 3.63) is 65.9 Å². The van der Waals surface area contributed by atoms with Crippen LogP contribution in [0.5, 0.6) is 5.75 Å². The second kappa shape index (κ2) is 8.44. The molecule has 5 nitrogen and oxygen atoms in total. The number of ether oxygens (including phenoxy) is 2. The average molecular weight is 405 g/mol. The van der Waals surface area contributed by atoms with Crippen LogP contribution in [0.25, 0.3) is 10.9 Å². The van der Waals surface area contributed by atoms with Crippen LogP contribution in [0.1, 0.15) is 37.8 Å². The Balaban J connectivity index is 1.71. The number of nitrogens with zero attached hydrogens (tertiary/aromatic N) is 1. The van der Waals surface area contributed by atoms with Gasteiger partial charge in [0, 0.05) is 24.8 Å². The van der Waals surface area contributed by atoms with E-state index in [9.17, 15) is 4.79 Å². The van der Waals surface area contributed by atoms with Gasteiger partial charge in [0.2, 0.25) is 5.91 Å². The molecule has 5 heteroatoms. The quantitative estimate of drug-likeness (QED) is 0.649. The number of carbonyl (C=O) groups excluding carboxylic acids is 1. The van der Waals surface area contributed by atoms with E-state index in [-0.39, 0.29) is 12.0 Å². The highest BCUT2D eigenvalue weighted by Gasteiger charge is 2.41. The summed E-state index contributed by atoms with van der Waals surface area (Å²) in [7, 11) is 0. The number of pyridine rings is 1. The van der Waals surface area contributed by atoms with Crippen molar-refractivity contribution in [1.82, 2.24) is 4.98 Å². The molecule has 0 atom stereocenters. The van der Waals surface area contributed by atoms with E-state index in [2.05, 4.69) is 41.5 Å². The lowest BCUT2D eigenvalue weighted by atomic mass is 9.73. The van der Waals surface area contributed by atoms with Gasteiger partial charge in [-0.05, 0) is 63.4 Å². The Labute approximate surface area is 177 Å². The van der Waals surface area contributed by atoms with Crippen LogP contribution in [0.15, 0.2) is 54.7 Å². The number of anilines is 1. The third-order valence-corrected chi connectivity index (χ3v) is 5.73. The Morgan fingerprint density at radius 2 is 1.83 bits per heavy atom. The Morgan fingerprint density at radius 1 is 1.10 bits per heavy atom. The number of amides is 1. The van der Waals surface area contributed by atoms with E-state index in [4.69, 9.17) is 9.47 Å². The number of hydrogen-bond acceptors (Lipinski definition) is 4. The first-order valence-corrected chi connectivity index (χ1v) is 10.5. The molecule has 1 aliphatic rings. The van der Waals surface area contributed by atoms with Gasteiger partial charge in [-0.3, -0.25) is 9.78 Å². The molecule has 4 rings (SSSR count). The predicted octanol–water partition coefficient (Wildman–Crippen LogP) is 5.02. The van der Waals surface area contributed by atoms with Crippen LogP contribution >= 0.6 is 0 Å². The van der Waals surface area contributed by atoms with Gasteiger partial charge in [0.1, 0.15) is 11.3 Å². The monoisotopic (exact) mass is 404 g/mol. The second-order valence-electron chi connectivity index (χ2n) is 8.19. The van der Waals surface area contributed by atoms with Gasteiger partial charge in [-0.15, -0.1) is 0 Å². The normalized spacial score (nSPS) is 15.9. The lowest BCUT2D eigenvalue weighted by Gasteiger charge is -2.36. The van der Waals surface area contributed by atoms with Crippen molar-refractivity contribution in [2.75, 3.05) is 18.5 Å². The number of nitrogens with one attached hydrogen (secondary N) is 1. The topological polar surface area (TPSA) is 60.5 Å². The van der Waals surface area contributed by atoms with Crippen LogP contribution in [0.4, 0.5) is 5.69 Å². The van der Waals surface area contributed by atoms with Crippen molar-refractivity contribution in [3.63, 3.8) is 0 Å². The molecule has 1 fully saturated rings. The highest BCUT2D eigenvalue weighted by atomic mass is 16.5. The van der Waals surface area contributed by atoms with Crippen LogP contribution in [0.3, 0.4) is 0 Å². The molecule has 0 unspecified atom stereocenters. The summed E-state index contributed by atoms with van der Waals surface area (Å²) in [5.74, 6) is 0.718. The van der Waals surface area contributed by atoms with Crippen molar-refractivity contribution in [2.45, 2.75) is 45.1 Å². The molecule has 30 heavy (non-hydrogen) atoms. The predicted molar refractivity (Wildman–Crippen MR) is 119 cm³/mol. The SMILES string of the molecule is Cc1ccc(C2(C(=O)Nc3ccc(OC(C)C)c4ncccc34)CCOCC2)cc1. The zero-order valence-electron chi connectivity index (χ0n) is 17.8. The molecule has 156 valence electrons. The van der Waals surface area contributed by atoms with Gasteiger partial charge < -0.3 is 14.8 Å². The number of benzene rings is 2. The van der Waals surface area contributed by atoms with Crippen molar-refractivity contribution in [1.29, 1.82) is 0 Å². The Morgan fingerprint density at radius 3 is 2.53 bits per heavy atom. The molecule has 1 saturated heterocycles. The van der Waals surface area contributed by atoms with Gasteiger partial charge in [0.25, 0.3) is 0 Å². The molecule has 0 bridgehead atoms. The van der Waals surface area contributed by atoms with Crippen LogP contribution in [0.2, 0.25) is 0 Å². The fourth-order valence-electron chi connectivity index (χ4n) is 4.09. The molecule has 1 aromatic heterocycles. The van der Waals surface area contributed by atoms with Gasteiger partial charge in [-0.25, -0.2) is 0 Å². The molecular weight excluding hydrogens is 376 g/mol. The standard InChI is InChI=1S/C25H28N2O3/c1-17(2)30-22-11-10-21(20-5-4-14-26-23(20)22)27-24(28)25(12-15-29-16-13-25)19-8-6-18(3)7-9-19/h4-11,14,17H,12-13,15-16H2,1-3H3,(H,27,28). The Kier molecular flexibility index (Phi) is 5.73. The smallest absolute Gasteiger partial charge is 0.235 e. The highest BCUT2D eigenvalue weighted by Crippen LogP contribution is 2.38. The van der Waals surface area contributed by atoms with Crippen LogP contribution in [-0.4, -0.2) is 30.2 Å². The van der Waals surface area contributed by atoms with Gasteiger partial charge >= 0.3 is 0 Å². The Hall–Kier alpha value is -2.92. The maximum Gasteiger partial charge on any atom is 0.235 e. The second-order valence-corrected chi connectivity index (χ2v) is 8.19. The van der Waals surface area contributed by atoms with Crippen molar-refractivity contribution < 1.29 is 14.3 Å². The van der Waals surface area contributed by atoms with E-state index in [0.29, 0.717) is 26.1 Å². The zero-order valence-corrected chi connectivity index (χ0v) is 17.8. The molecule has 0 saturated carbocycles. The fourth-order valence-corrected chi connectivity index (χ4v) is 4.09. The third-order valence-electron chi connectivity index (χ3n) is 5.73. The summed E-state index contributed by atoms with van der Waals surface area (Å²) >= 11 is 0. The number of hydrogen-bond donors (Lipinski definition) is 1. The molecule has 0 radical (unpaired) electrons. The van der Waals surface area contributed by atoms with Crippen LogP contribution in [-0.2, 0) is 14.9 Å². The molecule has 2 aromatic carbocycles. The lowest BCUT2D eigenvalue weighted by Crippen LogP contribution is -2.44. The molecule has 0 aliphatic carbocycles. The summed E-state index contributed by atoms with van der Waals surface area (Å²) in [6.07, 6.45) is 3.11. The number of aromatic nitrogens is 1. The van der Waals surface area contributed by atoms with E-state index in [1.807, 2.05) is 38.1 Å². The first-order valence-electron chi connectivity index (χ1n) is 10.5. The average Bonchev–Trinajstić information content (AvgIpc) is 2.76. The van der Waals surface area contributed by atoms with Crippen molar-refractivity contribution in [2.24, 2.45) is 0 Å². The van der Waals surface area contributed by atoms with Crippen molar-refractivity contribution in [3.8, 4) is 5.75 Å². The summed E-state index contributed by atoms with van der Waals surface area (Å²) in [5, 5.41) is 4.07. The minimum absolute atomic E-state index is 0.00247. The first kappa shape index (κ1) is 20.4. The zero-order chi connectivity index (χ0) is 21.1. The van der Waals surface area contributed by atoms with E-state index in [1.54, 1.807) is 6.20 Å². The van der Waals surface area contributed by atoms with Crippen LogP contribution < -0.4 is 10.1 Å². The van der Waals surface area contributed by atoms with Crippen LogP contribution in [0, 0.1) is 6.92 Å². The van der Waals surface area contributed by atoms with E-state index in [0.717, 1.165) is 27.9 Å². The highest BCUT2D eigenvalue weighted by molar-refractivity contribution is 6.06. The van der Waals surface area contributed by atoms with E-state index >= 15 is 0 Å². The fraction of sp³-hybridized carbons (Fsp3) is 0.360. The summed E-state index contributed by atoms with van der Waals surface area (Å²) in [6, 6.07) is 15.9. The minimum atomic E-state index is -0.604. The summed E-state index contributed by atoms with van der Waals surface area (Å²) in [6.45, 7) is 7.18. The van der Waals surface area contributed by atoms with E-state index < -0.39 is 5.41 Å². The number of carbonyl (C=O) groups is 1. The minimum Gasteiger partial charge on any atom is -0.489 e. The number of rotatable bonds is 5. The molecule has 2 heterocycles. The summed E-state index contributed by atoms with van der Waals surface area (Å²) in [4.78, 5) is 18.2.